The lowest BCUT2D eigenvalue weighted by molar-refractivity contribution is 0.112. The fourth-order valence-electron chi connectivity index (χ4n) is 1.12. The van der Waals surface area contributed by atoms with Crippen LogP contribution in [0.25, 0.3) is 0 Å². The number of hydrogen-bond donors (Lipinski definition) is 0. The van der Waals surface area contributed by atoms with Crippen molar-refractivity contribution >= 4 is 29.6 Å². The summed E-state index contributed by atoms with van der Waals surface area (Å²) in [6.07, 6.45) is 1.81. The van der Waals surface area contributed by atoms with E-state index in [4.69, 9.17) is 11.6 Å². The topological polar surface area (TPSA) is 42.9 Å². The molecule has 1 aromatic heterocycles. The third-order valence-corrected chi connectivity index (χ3v) is 3.34. The van der Waals surface area contributed by atoms with Gasteiger partial charge >= 0.3 is 0 Å². The quantitative estimate of drug-likeness (QED) is 0.461. The number of thioether (sulfide) groups is 1. The number of carbonyl (C=O) groups excluding carboxylic acids is 1. The van der Waals surface area contributed by atoms with Gasteiger partial charge < -0.3 is 0 Å². The fourth-order valence-corrected chi connectivity index (χ4v) is 2.72. The number of aromatic nitrogens is 2. The number of rotatable bonds is 5. The second-order valence-corrected chi connectivity index (χ2v) is 5.37. The van der Waals surface area contributed by atoms with E-state index in [-0.39, 0.29) is 5.15 Å². The summed E-state index contributed by atoms with van der Waals surface area (Å²) in [6.45, 7) is 6.10. The van der Waals surface area contributed by atoms with Crippen LogP contribution in [-0.4, -0.2) is 22.0 Å². The molecular weight excluding hydrogens is 244 g/mol. The van der Waals surface area contributed by atoms with Crippen LogP contribution in [0.4, 0.5) is 0 Å². The summed E-state index contributed by atoms with van der Waals surface area (Å²) < 4.78 is 0. The van der Waals surface area contributed by atoms with E-state index < -0.39 is 0 Å². The Hall–Kier alpha value is -0.610. The molecule has 3 nitrogen and oxygen atoms in total. The van der Waals surface area contributed by atoms with E-state index >= 15 is 0 Å². The SMILES string of the molecule is Cc1nc(Cl)c(C=O)c(SCCC(C)C)n1. The number of hydrogen-bond acceptors (Lipinski definition) is 4. The number of carbonyl (C=O) groups is 1. The lowest BCUT2D eigenvalue weighted by Crippen LogP contribution is -1.99. The van der Waals surface area contributed by atoms with Gasteiger partial charge in [0, 0.05) is 0 Å². The molecule has 88 valence electrons. The second kappa shape index (κ2) is 6.21. The molecule has 1 aromatic rings. The second-order valence-electron chi connectivity index (χ2n) is 3.93. The number of nitrogens with zero attached hydrogens (tertiary/aromatic N) is 2. The Morgan fingerprint density at radius 1 is 1.44 bits per heavy atom. The summed E-state index contributed by atoms with van der Waals surface area (Å²) in [6, 6.07) is 0. The molecule has 0 aliphatic heterocycles. The summed E-state index contributed by atoms with van der Waals surface area (Å²) in [5.41, 5.74) is 0.404. The molecule has 0 unspecified atom stereocenters. The summed E-state index contributed by atoms with van der Waals surface area (Å²) in [5, 5.41) is 0.933. The van der Waals surface area contributed by atoms with Crippen molar-refractivity contribution in [2.75, 3.05) is 5.75 Å². The molecule has 0 saturated heterocycles. The van der Waals surface area contributed by atoms with Gasteiger partial charge in [-0.2, -0.15) is 0 Å². The van der Waals surface area contributed by atoms with Gasteiger partial charge in [-0.25, -0.2) is 9.97 Å². The minimum atomic E-state index is 0.245. The van der Waals surface area contributed by atoms with Crippen LogP contribution in [0.2, 0.25) is 5.15 Å². The first-order valence-corrected chi connectivity index (χ1v) is 6.53. The predicted molar refractivity (Wildman–Crippen MR) is 67.3 cm³/mol. The zero-order valence-corrected chi connectivity index (χ0v) is 11.2. The zero-order chi connectivity index (χ0) is 12.1. The van der Waals surface area contributed by atoms with Crippen molar-refractivity contribution in [3.63, 3.8) is 0 Å². The number of halogens is 1. The lowest BCUT2D eigenvalue weighted by Gasteiger charge is -2.07. The van der Waals surface area contributed by atoms with E-state index in [1.165, 1.54) is 0 Å². The van der Waals surface area contributed by atoms with E-state index in [2.05, 4.69) is 23.8 Å². The van der Waals surface area contributed by atoms with E-state index in [1.54, 1.807) is 18.7 Å². The first-order valence-electron chi connectivity index (χ1n) is 5.16. The average molecular weight is 259 g/mol. The van der Waals surface area contributed by atoms with Crippen LogP contribution in [0.3, 0.4) is 0 Å². The molecule has 0 atom stereocenters. The summed E-state index contributed by atoms with van der Waals surface area (Å²) >= 11 is 7.44. The van der Waals surface area contributed by atoms with Gasteiger partial charge in [-0.05, 0) is 25.0 Å². The molecule has 0 N–H and O–H groups in total. The van der Waals surface area contributed by atoms with E-state index in [0.717, 1.165) is 18.5 Å². The molecule has 0 amide bonds. The lowest BCUT2D eigenvalue weighted by atomic mass is 10.2. The van der Waals surface area contributed by atoms with Gasteiger partial charge in [0.25, 0.3) is 0 Å². The number of aldehydes is 1. The van der Waals surface area contributed by atoms with E-state index in [9.17, 15) is 4.79 Å². The summed E-state index contributed by atoms with van der Waals surface area (Å²) in [5.74, 6) is 2.18. The van der Waals surface area contributed by atoms with Crippen molar-refractivity contribution in [3.05, 3.63) is 16.5 Å². The third-order valence-electron chi connectivity index (χ3n) is 2.03. The first kappa shape index (κ1) is 13.5. The Morgan fingerprint density at radius 3 is 2.69 bits per heavy atom. The maximum Gasteiger partial charge on any atom is 0.155 e. The van der Waals surface area contributed by atoms with E-state index in [0.29, 0.717) is 22.3 Å². The maximum absolute atomic E-state index is 10.9. The van der Waals surface area contributed by atoms with E-state index in [1.807, 2.05) is 0 Å². The van der Waals surface area contributed by atoms with Crippen LogP contribution < -0.4 is 0 Å². The molecule has 5 heteroatoms. The molecule has 0 aliphatic carbocycles. The highest BCUT2D eigenvalue weighted by atomic mass is 35.5. The van der Waals surface area contributed by atoms with Crippen molar-refractivity contribution in [2.24, 2.45) is 5.92 Å². The third kappa shape index (κ3) is 3.76. The highest BCUT2D eigenvalue weighted by molar-refractivity contribution is 7.99. The minimum Gasteiger partial charge on any atom is -0.298 e. The van der Waals surface area contributed by atoms with Gasteiger partial charge in [0.15, 0.2) is 6.29 Å². The summed E-state index contributed by atoms with van der Waals surface area (Å²) in [4.78, 5) is 19.1. The van der Waals surface area contributed by atoms with Crippen molar-refractivity contribution in [3.8, 4) is 0 Å². The normalized spacial score (nSPS) is 10.8. The Kier molecular flexibility index (Phi) is 5.22. The highest BCUT2D eigenvalue weighted by Gasteiger charge is 2.11. The van der Waals surface area contributed by atoms with Gasteiger partial charge in [-0.3, -0.25) is 4.79 Å². The Balaban J connectivity index is 2.81. The standard InChI is InChI=1S/C11H15ClN2OS/c1-7(2)4-5-16-11-9(6-15)10(12)13-8(3)14-11/h6-7H,4-5H2,1-3H3. The largest absolute Gasteiger partial charge is 0.298 e. The molecule has 0 aliphatic rings. The maximum atomic E-state index is 10.9. The van der Waals surface area contributed by atoms with Crippen LogP contribution in [0.1, 0.15) is 36.5 Å². The van der Waals surface area contributed by atoms with Crippen LogP contribution in [-0.2, 0) is 0 Å². The Labute approximate surface area is 105 Å². The van der Waals surface area contributed by atoms with Crippen LogP contribution in [0.15, 0.2) is 5.03 Å². The Morgan fingerprint density at radius 2 is 2.12 bits per heavy atom. The van der Waals surface area contributed by atoms with Crippen LogP contribution in [0, 0.1) is 12.8 Å². The van der Waals surface area contributed by atoms with Crippen molar-refractivity contribution in [1.82, 2.24) is 9.97 Å². The van der Waals surface area contributed by atoms with Crippen molar-refractivity contribution in [2.45, 2.75) is 32.2 Å². The zero-order valence-electron chi connectivity index (χ0n) is 9.66. The van der Waals surface area contributed by atoms with Gasteiger partial charge in [-0.1, -0.05) is 25.4 Å². The first-order chi connectivity index (χ1) is 7.54. The van der Waals surface area contributed by atoms with Crippen LogP contribution >= 0.6 is 23.4 Å². The summed E-state index contributed by atoms with van der Waals surface area (Å²) in [7, 11) is 0. The van der Waals surface area contributed by atoms with Gasteiger partial charge in [-0.15, -0.1) is 11.8 Å². The van der Waals surface area contributed by atoms with Gasteiger partial charge in [0.05, 0.1) is 5.56 Å². The van der Waals surface area contributed by atoms with Gasteiger partial charge in [0.2, 0.25) is 0 Å². The Bertz CT molecular complexity index is 382. The minimum absolute atomic E-state index is 0.245. The van der Waals surface area contributed by atoms with Crippen molar-refractivity contribution in [1.29, 1.82) is 0 Å². The highest BCUT2D eigenvalue weighted by Crippen LogP contribution is 2.25. The average Bonchev–Trinajstić information content (AvgIpc) is 2.16. The molecule has 0 fully saturated rings. The monoisotopic (exact) mass is 258 g/mol. The van der Waals surface area contributed by atoms with Crippen molar-refractivity contribution < 1.29 is 4.79 Å². The van der Waals surface area contributed by atoms with Gasteiger partial charge in [0.1, 0.15) is 16.0 Å². The predicted octanol–water partition coefficient (Wildman–Crippen LogP) is 3.39. The molecule has 0 saturated carbocycles. The van der Waals surface area contributed by atoms with Crippen LogP contribution in [0.5, 0.6) is 0 Å². The molecule has 0 aromatic carbocycles. The number of aryl methyl sites for hydroxylation is 1. The molecule has 1 rings (SSSR count). The molecular formula is C11H15ClN2OS. The molecule has 16 heavy (non-hydrogen) atoms. The fraction of sp³-hybridized carbons (Fsp3) is 0.545. The molecule has 0 spiro atoms. The molecule has 1 heterocycles. The smallest absolute Gasteiger partial charge is 0.155 e. The molecule has 0 radical (unpaired) electrons. The molecule has 0 bridgehead atoms.